The number of ether oxygens (including phenoxy) is 3. The van der Waals surface area contributed by atoms with E-state index in [9.17, 15) is 24.9 Å². The number of nitrogens with one attached hydrogen (secondary N) is 1. The maximum absolute atomic E-state index is 12.6. The third-order valence-corrected chi connectivity index (χ3v) is 12.0. The molecule has 0 radical (unpaired) electrons. The summed E-state index contributed by atoms with van der Waals surface area (Å²) in [6.07, 6.45) is 4.97. The second kappa shape index (κ2) is 28.1. The number of carbonyl (C=O) groups is 3. The Morgan fingerprint density at radius 3 is 1.50 bits per heavy atom. The lowest BCUT2D eigenvalue weighted by molar-refractivity contribution is -0.156. The monoisotopic (exact) mass is 968 g/mol. The highest BCUT2D eigenvalue weighted by Crippen LogP contribution is 2.31. The lowest BCUT2D eigenvalue weighted by atomic mass is 9.83. The first-order valence-electron chi connectivity index (χ1n) is 23.7. The van der Waals surface area contributed by atoms with Crippen molar-refractivity contribution in [3.05, 3.63) is 137 Å². The van der Waals surface area contributed by atoms with Crippen molar-refractivity contribution in [2.45, 2.75) is 80.1 Å². The number of esters is 2. The van der Waals surface area contributed by atoms with Crippen LogP contribution in [0.2, 0.25) is 0 Å². The lowest BCUT2D eigenvalue weighted by Crippen LogP contribution is -2.32. The average Bonchev–Trinajstić information content (AvgIpc) is 3.41. The number of rotatable bonds is 22. The summed E-state index contributed by atoms with van der Waals surface area (Å²) in [4.78, 5) is 39.4. The van der Waals surface area contributed by atoms with Gasteiger partial charge < -0.3 is 24.4 Å². The molecule has 5 rings (SSSR count). The summed E-state index contributed by atoms with van der Waals surface area (Å²) in [7, 11) is 1.94. The van der Waals surface area contributed by atoms with Crippen LogP contribution in [0.3, 0.4) is 0 Å². The van der Waals surface area contributed by atoms with Crippen LogP contribution in [0.4, 0.5) is 34.1 Å². The van der Waals surface area contributed by atoms with Crippen molar-refractivity contribution in [2.24, 2.45) is 31.3 Å². The zero-order valence-corrected chi connectivity index (χ0v) is 41.9. The molecule has 16 heteroatoms. The number of carbonyl (C=O) groups excluding carboxylic acids is 3. The van der Waals surface area contributed by atoms with Crippen LogP contribution in [-0.4, -0.2) is 51.3 Å². The van der Waals surface area contributed by atoms with E-state index in [1.54, 1.807) is 72.8 Å². The van der Waals surface area contributed by atoms with Crippen molar-refractivity contribution < 1.29 is 28.6 Å². The minimum Gasteiger partial charge on any atom is -0.490 e. The number of amides is 1. The Hall–Kier alpha value is -8.73. The summed E-state index contributed by atoms with van der Waals surface area (Å²) < 4.78 is 16.6. The first kappa shape index (κ1) is 55.9. The predicted molar refractivity (Wildman–Crippen MR) is 275 cm³/mol. The summed E-state index contributed by atoms with van der Waals surface area (Å²) >= 11 is 0. The van der Waals surface area contributed by atoms with Gasteiger partial charge in [-0.2, -0.15) is 31.3 Å². The molecule has 2 atom stereocenters. The molecule has 0 aliphatic heterocycles. The van der Waals surface area contributed by atoms with E-state index in [-0.39, 0.29) is 36.6 Å². The van der Waals surface area contributed by atoms with Gasteiger partial charge in [-0.15, -0.1) is 10.2 Å². The molecule has 72 heavy (non-hydrogen) atoms. The fourth-order valence-corrected chi connectivity index (χ4v) is 7.08. The molecule has 0 saturated carbocycles. The Bertz CT molecular complexity index is 2860. The highest BCUT2D eigenvalue weighted by molar-refractivity contribution is 6.04. The highest BCUT2D eigenvalue weighted by atomic mass is 16.6. The fraction of sp³-hybridized carbons (Fsp3) is 0.339. The van der Waals surface area contributed by atoms with Crippen LogP contribution in [0, 0.1) is 56.2 Å². The molecular weight excluding hydrogens is 909 g/mol. The summed E-state index contributed by atoms with van der Waals surface area (Å²) in [5, 5.41) is 55.7. The zero-order valence-electron chi connectivity index (χ0n) is 41.9. The largest absolute Gasteiger partial charge is 0.490 e. The molecule has 0 aliphatic rings. The smallest absolute Gasteiger partial charge is 0.311 e. The summed E-state index contributed by atoms with van der Waals surface area (Å²) in [5.41, 5.74) is 4.38. The van der Waals surface area contributed by atoms with E-state index in [4.69, 9.17) is 24.7 Å². The minimum atomic E-state index is -0.470. The van der Waals surface area contributed by atoms with Gasteiger partial charge in [0.05, 0.1) is 63.1 Å². The van der Waals surface area contributed by atoms with Gasteiger partial charge in [0.15, 0.2) is 0 Å². The van der Waals surface area contributed by atoms with Gasteiger partial charge in [0.25, 0.3) is 5.91 Å². The number of nitriles is 4. The van der Waals surface area contributed by atoms with E-state index in [0.29, 0.717) is 69.6 Å². The van der Waals surface area contributed by atoms with Gasteiger partial charge in [0.2, 0.25) is 0 Å². The van der Waals surface area contributed by atoms with Gasteiger partial charge in [-0.25, -0.2) is 0 Å². The minimum absolute atomic E-state index is 0.134. The number of hydrogen-bond acceptors (Lipinski definition) is 15. The van der Waals surface area contributed by atoms with Crippen LogP contribution in [0.1, 0.15) is 113 Å². The Balaban J connectivity index is 0.000000321. The number of nitrogens with zero attached hydrogens (tertiary/aromatic N) is 9. The van der Waals surface area contributed by atoms with Crippen LogP contribution >= 0.6 is 0 Å². The fourth-order valence-electron chi connectivity index (χ4n) is 7.08. The van der Waals surface area contributed by atoms with E-state index in [0.717, 1.165) is 44.2 Å². The van der Waals surface area contributed by atoms with E-state index in [2.05, 4.69) is 32.7 Å². The van der Waals surface area contributed by atoms with Crippen LogP contribution in [0.5, 0.6) is 5.75 Å². The van der Waals surface area contributed by atoms with Gasteiger partial charge in [-0.1, -0.05) is 40.5 Å². The molecule has 5 aromatic carbocycles. The molecule has 0 bridgehead atoms. The third kappa shape index (κ3) is 16.5. The maximum Gasteiger partial charge on any atom is 0.311 e. The number of hydrogen-bond donors (Lipinski definition) is 1. The SMILES string of the molecule is CCCC(C)(CC)C(=O)OCCN(C)c1ccc(N=Nc2ccc(C#N)cc2C#N)cc1.CCCC(C)(CC)C(=O)OCCOc1ccc(C(=O)Nc2ccc(N=Nc3ccc(C#N)cc3C#N)cc2)cc1. The zero-order chi connectivity index (χ0) is 52.5. The quantitative estimate of drug-likeness (QED) is 0.0388. The molecule has 0 fully saturated rings. The topological polar surface area (TPSA) is 239 Å². The molecular formula is C56H60N10O6. The number of likely N-dealkylation sites (N-methyl/N-ethyl adjacent to an activating group) is 1. The summed E-state index contributed by atoms with van der Waals surface area (Å²) in [5.74, 6) is -0.0645. The molecule has 16 nitrogen and oxygen atoms in total. The second-order valence-corrected chi connectivity index (χ2v) is 17.2. The van der Waals surface area contributed by atoms with E-state index in [1.807, 2.05) is 95.1 Å². The molecule has 2 unspecified atom stereocenters. The summed E-state index contributed by atoms with van der Waals surface area (Å²) in [6, 6.07) is 38.2. The predicted octanol–water partition coefficient (Wildman–Crippen LogP) is 13.3. The first-order valence-corrected chi connectivity index (χ1v) is 23.7. The van der Waals surface area contributed by atoms with Crippen molar-refractivity contribution in [2.75, 3.05) is 43.6 Å². The van der Waals surface area contributed by atoms with Crippen LogP contribution in [0.15, 0.2) is 130 Å². The molecule has 0 aromatic heterocycles. The van der Waals surface area contributed by atoms with Crippen molar-refractivity contribution in [1.82, 2.24) is 0 Å². The molecule has 370 valence electrons. The Labute approximate surface area is 422 Å². The van der Waals surface area contributed by atoms with Crippen LogP contribution < -0.4 is 15.0 Å². The number of anilines is 2. The van der Waals surface area contributed by atoms with E-state index >= 15 is 0 Å². The highest BCUT2D eigenvalue weighted by Gasteiger charge is 2.32. The van der Waals surface area contributed by atoms with Crippen molar-refractivity contribution in [3.8, 4) is 30.0 Å². The Morgan fingerprint density at radius 2 is 1.06 bits per heavy atom. The van der Waals surface area contributed by atoms with Gasteiger partial charge in [-0.05, 0) is 149 Å². The molecule has 1 amide bonds. The lowest BCUT2D eigenvalue weighted by Gasteiger charge is -2.26. The van der Waals surface area contributed by atoms with Crippen LogP contribution in [-0.2, 0) is 19.1 Å². The normalized spacial score (nSPS) is 12.3. The summed E-state index contributed by atoms with van der Waals surface area (Å²) in [6.45, 7) is 13.3. The van der Waals surface area contributed by atoms with Gasteiger partial charge >= 0.3 is 11.9 Å². The third-order valence-electron chi connectivity index (χ3n) is 12.0. The molecule has 0 spiro atoms. The van der Waals surface area contributed by atoms with Crippen molar-refractivity contribution in [1.29, 1.82) is 21.0 Å². The average molecular weight is 969 g/mol. The molecule has 1 N–H and O–H groups in total. The molecule has 0 saturated heterocycles. The van der Waals surface area contributed by atoms with Gasteiger partial charge in [0, 0.05) is 24.0 Å². The van der Waals surface area contributed by atoms with Gasteiger partial charge in [-0.3, -0.25) is 14.4 Å². The standard InChI is InChI=1S/C31H31N5O4.C25H29N5O2/c1-4-16-31(3,5-2)30(38)40-18-17-39-27-13-7-23(8-14-27)29(37)34-25-9-11-26(12-10-25)35-36-28-15-6-22(20-32)19-24(28)21-33;1-5-13-25(3,6-2)24(31)32-15-14-30(4)22-10-8-21(9-11-22)28-29-23-12-7-19(17-26)16-20(23)18-27/h6-15,19H,4-5,16-18H2,1-3H3,(H,34,37);7-12,16H,5-6,13-15H2,1-4H3. The second-order valence-electron chi connectivity index (χ2n) is 17.2. The molecule has 5 aromatic rings. The maximum atomic E-state index is 12.6. The molecule has 0 heterocycles. The van der Waals surface area contributed by atoms with E-state index in [1.165, 1.54) is 12.1 Å². The van der Waals surface area contributed by atoms with Crippen molar-refractivity contribution in [3.63, 3.8) is 0 Å². The number of azo groups is 2. The Morgan fingerprint density at radius 1 is 0.583 bits per heavy atom. The van der Waals surface area contributed by atoms with Gasteiger partial charge in [0.1, 0.15) is 49.1 Å². The number of benzene rings is 5. The first-order chi connectivity index (χ1) is 34.7. The van der Waals surface area contributed by atoms with Crippen LogP contribution in [0.25, 0.3) is 0 Å². The molecule has 0 aliphatic carbocycles. The van der Waals surface area contributed by atoms with Crippen molar-refractivity contribution >= 4 is 52.0 Å². The van der Waals surface area contributed by atoms with E-state index < -0.39 is 10.8 Å². The Kier molecular flexibility index (Phi) is 21.8.